The van der Waals surface area contributed by atoms with Crippen LogP contribution in [0.4, 0.5) is 5.69 Å². The molecule has 29 heavy (non-hydrogen) atoms. The van der Waals surface area contributed by atoms with Crippen molar-refractivity contribution in [2.45, 2.75) is 26.3 Å². The van der Waals surface area contributed by atoms with Gasteiger partial charge >= 0.3 is 0 Å². The highest BCUT2D eigenvalue weighted by Crippen LogP contribution is 2.19. The molecule has 0 bridgehead atoms. The van der Waals surface area contributed by atoms with E-state index >= 15 is 0 Å². The molecular weight excluding hydrogens is 364 g/mol. The number of nitrogens with one attached hydrogen (secondary N) is 1. The van der Waals surface area contributed by atoms with Gasteiger partial charge in [0.05, 0.1) is 11.0 Å². The molecule has 3 rings (SSSR count). The number of carbonyl (C=O) groups excluding carboxylic acids is 2. The van der Waals surface area contributed by atoms with Crippen LogP contribution in [0.2, 0.25) is 0 Å². The van der Waals surface area contributed by atoms with E-state index in [-0.39, 0.29) is 18.4 Å². The second-order valence-electron chi connectivity index (χ2n) is 6.68. The van der Waals surface area contributed by atoms with Gasteiger partial charge in [0.15, 0.2) is 0 Å². The summed E-state index contributed by atoms with van der Waals surface area (Å²) in [7, 11) is 0. The average molecular weight is 390 g/mol. The number of aromatic nitrogens is 2. The Morgan fingerprint density at radius 2 is 1.86 bits per heavy atom. The SMILES string of the molecule is C=CC(=O)NCCCc1nc2ccccc2n1CC(=O)N(CC)c1ccccc1. The number of hydrogen-bond donors (Lipinski definition) is 1. The molecule has 1 N–H and O–H groups in total. The number of likely N-dealkylation sites (N-methyl/N-ethyl adjacent to an activating group) is 1. The molecule has 0 spiro atoms. The quantitative estimate of drug-likeness (QED) is 0.450. The zero-order valence-corrected chi connectivity index (χ0v) is 16.7. The van der Waals surface area contributed by atoms with Crippen molar-refractivity contribution in [2.75, 3.05) is 18.0 Å². The molecule has 0 radical (unpaired) electrons. The molecule has 3 aromatic rings. The number of nitrogens with zero attached hydrogens (tertiary/aromatic N) is 3. The van der Waals surface area contributed by atoms with Gasteiger partial charge < -0.3 is 14.8 Å². The van der Waals surface area contributed by atoms with E-state index in [0.29, 0.717) is 19.5 Å². The summed E-state index contributed by atoms with van der Waals surface area (Å²) in [5.41, 5.74) is 2.70. The van der Waals surface area contributed by atoms with E-state index in [1.165, 1.54) is 6.08 Å². The zero-order chi connectivity index (χ0) is 20.6. The second-order valence-corrected chi connectivity index (χ2v) is 6.68. The van der Waals surface area contributed by atoms with Gasteiger partial charge in [-0.05, 0) is 43.7 Å². The summed E-state index contributed by atoms with van der Waals surface area (Å²) < 4.78 is 1.98. The molecule has 0 saturated heterocycles. The number of rotatable bonds is 9. The summed E-state index contributed by atoms with van der Waals surface area (Å²) in [5, 5.41) is 2.78. The summed E-state index contributed by atoms with van der Waals surface area (Å²) in [6, 6.07) is 17.5. The van der Waals surface area contributed by atoms with Crippen LogP contribution >= 0.6 is 0 Å². The predicted molar refractivity (Wildman–Crippen MR) is 116 cm³/mol. The van der Waals surface area contributed by atoms with Gasteiger partial charge in [-0.25, -0.2) is 4.98 Å². The number of imidazole rings is 1. The maximum Gasteiger partial charge on any atom is 0.246 e. The largest absolute Gasteiger partial charge is 0.353 e. The van der Waals surface area contributed by atoms with Gasteiger partial charge in [0.2, 0.25) is 11.8 Å². The molecule has 2 amide bonds. The molecule has 1 aromatic heterocycles. The molecular formula is C23H26N4O2. The molecule has 0 atom stereocenters. The number of benzene rings is 2. The highest BCUT2D eigenvalue weighted by Gasteiger charge is 2.18. The average Bonchev–Trinajstić information content (AvgIpc) is 3.09. The van der Waals surface area contributed by atoms with Crippen LogP contribution in [0, 0.1) is 0 Å². The third-order valence-corrected chi connectivity index (χ3v) is 4.77. The number of amides is 2. The zero-order valence-electron chi connectivity index (χ0n) is 16.7. The minimum Gasteiger partial charge on any atom is -0.353 e. The number of aryl methyl sites for hydroxylation is 1. The fourth-order valence-electron chi connectivity index (χ4n) is 3.35. The Morgan fingerprint density at radius 1 is 1.14 bits per heavy atom. The summed E-state index contributed by atoms with van der Waals surface area (Å²) in [6.45, 7) is 6.77. The monoisotopic (exact) mass is 390 g/mol. The normalized spacial score (nSPS) is 10.7. The number of fused-ring (bicyclic) bond motifs is 1. The van der Waals surface area contributed by atoms with Crippen LogP contribution in [-0.2, 0) is 22.6 Å². The van der Waals surface area contributed by atoms with Crippen molar-refractivity contribution < 1.29 is 9.59 Å². The third-order valence-electron chi connectivity index (χ3n) is 4.77. The Bertz CT molecular complexity index is 995. The van der Waals surface area contributed by atoms with E-state index in [1.54, 1.807) is 4.90 Å². The van der Waals surface area contributed by atoms with Crippen molar-refractivity contribution in [2.24, 2.45) is 0 Å². The smallest absolute Gasteiger partial charge is 0.246 e. The number of anilines is 1. The van der Waals surface area contributed by atoms with Crippen LogP contribution in [0.25, 0.3) is 11.0 Å². The number of carbonyl (C=O) groups is 2. The lowest BCUT2D eigenvalue weighted by Gasteiger charge is -2.22. The number of para-hydroxylation sites is 3. The van der Waals surface area contributed by atoms with Gasteiger partial charge in [-0.2, -0.15) is 0 Å². The molecule has 0 unspecified atom stereocenters. The van der Waals surface area contributed by atoms with E-state index in [0.717, 1.165) is 29.0 Å². The predicted octanol–water partition coefficient (Wildman–Crippen LogP) is 3.32. The summed E-state index contributed by atoms with van der Waals surface area (Å²) in [4.78, 5) is 30.9. The van der Waals surface area contributed by atoms with Crippen LogP contribution in [0.15, 0.2) is 67.3 Å². The third kappa shape index (κ3) is 4.90. The molecule has 0 saturated carbocycles. The lowest BCUT2D eigenvalue weighted by Crippen LogP contribution is -2.34. The van der Waals surface area contributed by atoms with Crippen molar-refractivity contribution in [1.29, 1.82) is 0 Å². The van der Waals surface area contributed by atoms with Crippen molar-refractivity contribution in [3.8, 4) is 0 Å². The van der Waals surface area contributed by atoms with Gasteiger partial charge in [0.1, 0.15) is 12.4 Å². The maximum absolute atomic E-state index is 13.1. The lowest BCUT2D eigenvalue weighted by molar-refractivity contribution is -0.119. The molecule has 2 aromatic carbocycles. The molecule has 150 valence electrons. The van der Waals surface area contributed by atoms with E-state index in [9.17, 15) is 9.59 Å². The van der Waals surface area contributed by atoms with Crippen LogP contribution < -0.4 is 10.2 Å². The van der Waals surface area contributed by atoms with Crippen LogP contribution in [0.5, 0.6) is 0 Å². The minimum atomic E-state index is -0.185. The molecule has 0 fully saturated rings. The molecule has 0 aliphatic rings. The van der Waals surface area contributed by atoms with Crippen molar-refractivity contribution in [1.82, 2.24) is 14.9 Å². The Labute approximate surface area is 170 Å². The van der Waals surface area contributed by atoms with Gasteiger partial charge in [0.25, 0.3) is 0 Å². The molecule has 0 aliphatic heterocycles. The summed E-state index contributed by atoms with van der Waals surface area (Å²) in [6.07, 6.45) is 2.65. The highest BCUT2D eigenvalue weighted by atomic mass is 16.2. The Morgan fingerprint density at radius 3 is 2.59 bits per heavy atom. The standard InChI is InChI=1S/C23H26N4O2/c1-3-22(28)24-16-10-15-21-25-19-13-8-9-14-20(19)27(21)17-23(29)26(4-2)18-11-6-5-7-12-18/h3,5-9,11-14H,1,4,10,15-17H2,2H3,(H,24,28). The molecule has 1 heterocycles. The summed E-state index contributed by atoms with van der Waals surface area (Å²) in [5.74, 6) is 0.676. The highest BCUT2D eigenvalue weighted by molar-refractivity contribution is 5.94. The van der Waals surface area contributed by atoms with Gasteiger partial charge in [-0.3, -0.25) is 9.59 Å². The molecule has 6 heteroatoms. The van der Waals surface area contributed by atoms with E-state index in [1.807, 2.05) is 66.1 Å². The fraction of sp³-hybridized carbons (Fsp3) is 0.261. The van der Waals surface area contributed by atoms with Gasteiger partial charge in [-0.15, -0.1) is 0 Å². The van der Waals surface area contributed by atoms with E-state index in [4.69, 9.17) is 4.98 Å². The van der Waals surface area contributed by atoms with Crippen LogP contribution in [0.3, 0.4) is 0 Å². The Kier molecular flexibility index (Phi) is 6.79. The van der Waals surface area contributed by atoms with E-state index < -0.39 is 0 Å². The number of hydrogen-bond acceptors (Lipinski definition) is 3. The maximum atomic E-state index is 13.1. The van der Waals surface area contributed by atoms with Crippen LogP contribution in [0.1, 0.15) is 19.2 Å². The fourth-order valence-corrected chi connectivity index (χ4v) is 3.35. The van der Waals surface area contributed by atoms with E-state index in [2.05, 4.69) is 11.9 Å². The first kappa shape index (κ1) is 20.3. The molecule has 0 aliphatic carbocycles. The van der Waals surface area contributed by atoms with Gasteiger partial charge in [-0.1, -0.05) is 36.9 Å². The van der Waals surface area contributed by atoms with Crippen molar-refractivity contribution in [3.63, 3.8) is 0 Å². The first-order valence-electron chi connectivity index (χ1n) is 9.84. The molecule has 6 nitrogen and oxygen atoms in total. The first-order valence-corrected chi connectivity index (χ1v) is 9.84. The van der Waals surface area contributed by atoms with Crippen LogP contribution in [-0.4, -0.2) is 34.5 Å². The topological polar surface area (TPSA) is 67.2 Å². The first-order chi connectivity index (χ1) is 14.1. The second kappa shape index (κ2) is 9.68. The Balaban J connectivity index is 1.80. The Hall–Kier alpha value is -3.41. The van der Waals surface area contributed by atoms with Crippen molar-refractivity contribution in [3.05, 3.63) is 73.1 Å². The minimum absolute atomic E-state index is 0.0167. The van der Waals surface area contributed by atoms with Crippen molar-refractivity contribution >= 4 is 28.5 Å². The van der Waals surface area contributed by atoms with Gasteiger partial charge in [0, 0.05) is 25.2 Å². The lowest BCUT2D eigenvalue weighted by atomic mass is 10.2. The summed E-state index contributed by atoms with van der Waals surface area (Å²) >= 11 is 0.